The molecular formula is C20H27N3O4. The zero-order valence-corrected chi connectivity index (χ0v) is 15.8. The quantitative estimate of drug-likeness (QED) is 0.820. The maximum absolute atomic E-state index is 12.6. The van der Waals surface area contributed by atoms with Crippen LogP contribution in [0.5, 0.6) is 0 Å². The van der Waals surface area contributed by atoms with E-state index in [4.69, 9.17) is 4.74 Å². The molecule has 7 nitrogen and oxygen atoms in total. The number of benzene rings is 1. The van der Waals surface area contributed by atoms with Crippen LogP contribution in [0, 0.1) is 0 Å². The molecule has 0 atom stereocenters. The van der Waals surface area contributed by atoms with E-state index in [9.17, 15) is 14.4 Å². The number of hydrogen-bond donors (Lipinski definition) is 1. The number of rotatable bonds is 4. The van der Waals surface area contributed by atoms with E-state index in [1.54, 1.807) is 16.7 Å². The Morgan fingerprint density at radius 1 is 1.15 bits per heavy atom. The van der Waals surface area contributed by atoms with Crippen LogP contribution in [0.25, 0.3) is 0 Å². The van der Waals surface area contributed by atoms with Crippen molar-refractivity contribution in [3.8, 4) is 0 Å². The molecule has 7 heteroatoms. The zero-order chi connectivity index (χ0) is 19.2. The van der Waals surface area contributed by atoms with E-state index >= 15 is 0 Å². The molecule has 1 aromatic rings. The number of piperidine rings is 1. The molecule has 0 aliphatic carbocycles. The van der Waals surface area contributed by atoms with Crippen molar-refractivity contribution in [2.75, 3.05) is 31.1 Å². The highest BCUT2D eigenvalue weighted by Crippen LogP contribution is 2.27. The van der Waals surface area contributed by atoms with Crippen molar-refractivity contribution in [2.24, 2.45) is 0 Å². The summed E-state index contributed by atoms with van der Waals surface area (Å²) < 4.78 is 5.00. The van der Waals surface area contributed by atoms with E-state index in [2.05, 4.69) is 5.32 Å². The number of carbonyl (C=O) groups excluding carboxylic acids is 3. The first-order valence-electron chi connectivity index (χ1n) is 9.67. The van der Waals surface area contributed by atoms with Crippen LogP contribution in [0.1, 0.15) is 38.2 Å². The Kier molecular flexibility index (Phi) is 6.32. The highest BCUT2D eigenvalue weighted by molar-refractivity contribution is 6.05. The van der Waals surface area contributed by atoms with Crippen LogP contribution in [-0.4, -0.2) is 55.1 Å². The molecule has 27 heavy (non-hydrogen) atoms. The van der Waals surface area contributed by atoms with Crippen LogP contribution in [0.4, 0.5) is 10.5 Å². The third-order valence-electron chi connectivity index (χ3n) is 5.11. The lowest BCUT2D eigenvalue weighted by Gasteiger charge is -2.32. The third kappa shape index (κ3) is 4.78. The number of anilines is 1. The van der Waals surface area contributed by atoms with E-state index in [-0.39, 0.29) is 30.4 Å². The van der Waals surface area contributed by atoms with Crippen LogP contribution >= 0.6 is 0 Å². The molecule has 0 spiro atoms. The van der Waals surface area contributed by atoms with E-state index in [1.165, 1.54) is 0 Å². The van der Waals surface area contributed by atoms with Crippen LogP contribution in [0.2, 0.25) is 0 Å². The summed E-state index contributed by atoms with van der Waals surface area (Å²) in [6, 6.07) is 7.86. The van der Waals surface area contributed by atoms with Crippen LogP contribution < -0.4 is 10.2 Å². The van der Waals surface area contributed by atoms with Crippen molar-refractivity contribution in [1.29, 1.82) is 0 Å². The minimum Gasteiger partial charge on any atom is -0.450 e. The lowest BCUT2D eigenvalue weighted by Crippen LogP contribution is -2.47. The van der Waals surface area contributed by atoms with Gasteiger partial charge in [0.2, 0.25) is 11.8 Å². The molecule has 1 fully saturated rings. The highest BCUT2D eigenvalue weighted by atomic mass is 16.6. The fraction of sp³-hybridized carbons (Fsp3) is 0.550. The zero-order valence-electron chi connectivity index (χ0n) is 15.8. The van der Waals surface area contributed by atoms with E-state index in [1.807, 2.05) is 24.3 Å². The summed E-state index contributed by atoms with van der Waals surface area (Å²) in [7, 11) is 0. The summed E-state index contributed by atoms with van der Waals surface area (Å²) in [5, 5.41) is 2.94. The number of hydrogen-bond acceptors (Lipinski definition) is 4. The van der Waals surface area contributed by atoms with Gasteiger partial charge in [0.1, 0.15) is 6.42 Å². The average Bonchev–Trinajstić information content (AvgIpc) is 2.68. The number of para-hydroxylation sites is 1. The topological polar surface area (TPSA) is 79.0 Å². The van der Waals surface area contributed by atoms with Gasteiger partial charge in [-0.2, -0.15) is 0 Å². The standard InChI is InChI=1S/C20H27N3O4/c1-2-27-20(26)22-12-9-16(10-13-22)21-18(24)14-19(25)23-11-5-7-15-6-3-4-8-17(15)23/h3-4,6,8,16H,2,5,7,9-14H2,1H3,(H,21,24). The third-order valence-corrected chi connectivity index (χ3v) is 5.11. The Balaban J connectivity index is 1.48. The van der Waals surface area contributed by atoms with Crippen molar-refractivity contribution in [3.63, 3.8) is 0 Å². The Labute approximate surface area is 159 Å². The van der Waals surface area contributed by atoms with Gasteiger partial charge in [0, 0.05) is 31.4 Å². The second kappa shape index (κ2) is 8.88. The van der Waals surface area contributed by atoms with Gasteiger partial charge in [-0.3, -0.25) is 9.59 Å². The molecule has 0 saturated carbocycles. The second-order valence-electron chi connectivity index (χ2n) is 6.98. The number of fused-ring (bicyclic) bond motifs is 1. The number of amides is 3. The first-order valence-corrected chi connectivity index (χ1v) is 9.67. The van der Waals surface area contributed by atoms with Gasteiger partial charge in [-0.25, -0.2) is 4.79 Å². The number of likely N-dealkylation sites (tertiary alicyclic amines) is 1. The van der Waals surface area contributed by atoms with Crippen molar-refractivity contribution >= 4 is 23.6 Å². The highest BCUT2D eigenvalue weighted by Gasteiger charge is 2.27. The van der Waals surface area contributed by atoms with Crippen molar-refractivity contribution in [1.82, 2.24) is 10.2 Å². The van der Waals surface area contributed by atoms with E-state index in [0.717, 1.165) is 24.1 Å². The van der Waals surface area contributed by atoms with Gasteiger partial charge in [0.25, 0.3) is 0 Å². The first-order chi connectivity index (χ1) is 13.1. The predicted octanol–water partition coefficient (Wildman–Crippen LogP) is 2.09. The molecule has 1 saturated heterocycles. The Morgan fingerprint density at radius 2 is 1.89 bits per heavy atom. The van der Waals surface area contributed by atoms with Crippen molar-refractivity contribution < 1.29 is 19.1 Å². The molecule has 0 unspecified atom stereocenters. The van der Waals surface area contributed by atoms with Crippen molar-refractivity contribution in [3.05, 3.63) is 29.8 Å². The van der Waals surface area contributed by atoms with Gasteiger partial charge in [0.05, 0.1) is 6.61 Å². The molecule has 2 aliphatic heterocycles. The molecule has 0 bridgehead atoms. The van der Waals surface area contributed by atoms with Gasteiger partial charge in [-0.05, 0) is 44.2 Å². The molecule has 146 valence electrons. The maximum atomic E-state index is 12.6. The summed E-state index contributed by atoms with van der Waals surface area (Å²) in [5.74, 6) is -0.416. The van der Waals surface area contributed by atoms with Gasteiger partial charge < -0.3 is 19.9 Å². The minimum absolute atomic E-state index is 0.00961. The lowest BCUT2D eigenvalue weighted by atomic mass is 10.0. The molecular weight excluding hydrogens is 346 g/mol. The fourth-order valence-electron chi connectivity index (χ4n) is 3.73. The maximum Gasteiger partial charge on any atom is 0.409 e. The largest absolute Gasteiger partial charge is 0.450 e. The lowest BCUT2D eigenvalue weighted by molar-refractivity contribution is -0.128. The fourth-order valence-corrected chi connectivity index (χ4v) is 3.73. The van der Waals surface area contributed by atoms with Gasteiger partial charge >= 0.3 is 6.09 Å². The molecule has 3 rings (SSSR count). The molecule has 3 amide bonds. The van der Waals surface area contributed by atoms with Gasteiger partial charge in [-0.15, -0.1) is 0 Å². The molecule has 1 aromatic carbocycles. The van der Waals surface area contributed by atoms with E-state index in [0.29, 0.717) is 39.1 Å². The summed E-state index contributed by atoms with van der Waals surface area (Å²) in [4.78, 5) is 40.0. The van der Waals surface area contributed by atoms with Gasteiger partial charge in [0.15, 0.2) is 0 Å². The molecule has 1 N–H and O–H groups in total. The second-order valence-corrected chi connectivity index (χ2v) is 6.98. The first kappa shape index (κ1) is 19.2. The number of ether oxygens (including phenoxy) is 1. The van der Waals surface area contributed by atoms with E-state index < -0.39 is 0 Å². The van der Waals surface area contributed by atoms with Gasteiger partial charge in [-0.1, -0.05) is 18.2 Å². The number of nitrogens with zero attached hydrogens (tertiary/aromatic N) is 2. The van der Waals surface area contributed by atoms with Crippen LogP contribution in [0.15, 0.2) is 24.3 Å². The smallest absolute Gasteiger partial charge is 0.409 e. The Hall–Kier alpha value is -2.57. The average molecular weight is 373 g/mol. The summed E-state index contributed by atoms with van der Waals surface area (Å²) >= 11 is 0. The molecule has 2 aliphatic rings. The number of carbonyl (C=O) groups is 3. The predicted molar refractivity (Wildman–Crippen MR) is 101 cm³/mol. The minimum atomic E-state index is -0.304. The normalized spacial score (nSPS) is 17.2. The molecule has 0 aromatic heterocycles. The summed E-state index contributed by atoms with van der Waals surface area (Å²) in [5.41, 5.74) is 2.08. The SMILES string of the molecule is CCOC(=O)N1CCC(NC(=O)CC(=O)N2CCCc3ccccc32)CC1. The number of aryl methyl sites for hydroxylation is 1. The Bertz CT molecular complexity index is 698. The summed E-state index contributed by atoms with van der Waals surface area (Å²) in [6.45, 7) is 3.90. The summed E-state index contributed by atoms with van der Waals surface area (Å²) in [6.07, 6.45) is 2.77. The molecule has 0 radical (unpaired) electrons. The van der Waals surface area contributed by atoms with Crippen LogP contribution in [0.3, 0.4) is 0 Å². The number of nitrogens with one attached hydrogen (secondary N) is 1. The monoisotopic (exact) mass is 373 g/mol. The molecule has 2 heterocycles. The Morgan fingerprint density at radius 3 is 2.63 bits per heavy atom. The van der Waals surface area contributed by atoms with Crippen LogP contribution in [-0.2, 0) is 20.7 Å². The van der Waals surface area contributed by atoms with Crippen molar-refractivity contribution in [2.45, 2.75) is 45.1 Å².